The molecule has 0 unspecified atom stereocenters. The van der Waals surface area contributed by atoms with Gasteiger partial charge in [-0.3, -0.25) is 9.97 Å². The molecule has 7 heteroatoms. The first-order valence-electron chi connectivity index (χ1n) is 6.99. The highest BCUT2D eigenvalue weighted by molar-refractivity contribution is 5.56. The lowest BCUT2D eigenvalue weighted by Gasteiger charge is -2.13. The lowest BCUT2D eigenvalue weighted by atomic mass is 10.2. The maximum Gasteiger partial charge on any atom is 0.148 e. The molecule has 21 heavy (non-hydrogen) atoms. The van der Waals surface area contributed by atoms with Gasteiger partial charge in [0, 0.05) is 18.2 Å². The minimum Gasteiger partial charge on any atom is -0.364 e. The summed E-state index contributed by atoms with van der Waals surface area (Å²) in [6.45, 7) is 6.48. The molecule has 0 fully saturated rings. The van der Waals surface area contributed by atoms with Crippen molar-refractivity contribution in [3.63, 3.8) is 0 Å². The van der Waals surface area contributed by atoms with Crippen LogP contribution in [0.5, 0.6) is 0 Å². The highest BCUT2D eigenvalue weighted by atomic mass is 15.3. The zero-order chi connectivity index (χ0) is 15.2. The van der Waals surface area contributed by atoms with Crippen LogP contribution in [-0.4, -0.2) is 19.9 Å². The number of aryl methyl sites for hydroxylation is 2. The van der Waals surface area contributed by atoms with Crippen LogP contribution in [0.25, 0.3) is 0 Å². The van der Waals surface area contributed by atoms with E-state index in [1.165, 1.54) is 0 Å². The molecule has 2 aromatic heterocycles. The van der Waals surface area contributed by atoms with Gasteiger partial charge in [0.05, 0.1) is 24.1 Å². The van der Waals surface area contributed by atoms with E-state index in [9.17, 15) is 0 Å². The molecule has 2 rings (SSSR count). The second-order valence-corrected chi connectivity index (χ2v) is 4.86. The van der Waals surface area contributed by atoms with Crippen molar-refractivity contribution >= 4 is 11.6 Å². The molecular weight excluding hydrogens is 266 g/mol. The number of nitrogens with zero attached hydrogens (tertiary/aromatic N) is 4. The van der Waals surface area contributed by atoms with E-state index >= 15 is 0 Å². The van der Waals surface area contributed by atoms with Gasteiger partial charge in [-0.15, -0.1) is 0 Å². The first kappa shape index (κ1) is 15.1. The zero-order valence-electron chi connectivity index (χ0n) is 12.6. The fourth-order valence-corrected chi connectivity index (χ4v) is 1.90. The third-order valence-electron chi connectivity index (χ3n) is 3.07. The average molecular weight is 287 g/mol. The van der Waals surface area contributed by atoms with Gasteiger partial charge in [-0.2, -0.15) is 0 Å². The minimum absolute atomic E-state index is 0.556. The van der Waals surface area contributed by atoms with Crippen molar-refractivity contribution in [3.05, 3.63) is 35.2 Å². The van der Waals surface area contributed by atoms with E-state index < -0.39 is 0 Å². The Hall–Kier alpha value is -2.28. The van der Waals surface area contributed by atoms with Gasteiger partial charge in [0.15, 0.2) is 0 Å². The van der Waals surface area contributed by atoms with Gasteiger partial charge >= 0.3 is 0 Å². The van der Waals surface area contributed by atoms with E-state index in [1.807, 2.05) is 13.8 Å². The van der Waals surface area contributed by atoms with Gasteiger partial charge in [-0.1, -0.05) is 6.92 Å². The smallest absolute Gasteiger partial charge is 0.148 e. The van der Waals surface area contributed by atoms with Crippen molar-refractivity contribution in [2.24, 2.45) is 5.84 Å². The van der Waals surface area contributed by atoms with Gasteiger partial charge in [0.25, 0.3) is 0 Å². The Labute approximate surface area is 124 Å². The van der Waals surface area contributed by atoms with E-state index in [1.54, 1.807) is 12.4 Å². The number of hydrogen-bond donors (Lipinski definition) is 3. The molecule has 4 N–H and O–H groups in total. The van der Waals surface area contributed by atoms with E-state index in [4.69, 9.17) is 5.84 Å². The van der Waals surface area contributed by atoms with E-state index in [0.29, 0.717) is 12.4 Å². The lowest BCUT2D eigenvalue weighted by molar-refractivity contribution is 0.829. The molecule has 0 saturated heterocycles. The number of rotatable bonds is 6. The predicted molar refractivity (Wildman–Crippen MR) is 82.7 cm³/mol. The summed E-state index contributed by atoms with van der Waals surface area (Å²) in [4.78, 5) is 17.5. The van der Waals surface area contributed by atoms with Crippen LogP contribution in [0.3, 0.4) is 0 Å². The third-order valence-corrected chi connectivity index (χ3v) is 3.07. The molecule has 112 valence electrons. The van der Waals surface area contributed by atoms with E-state index in [-0.39, 0.29) is 0 Å². The molecule has 0 radical (unpaired) electrons. The second kappa shape index (κ2) is 6.94. The van der Waals surface area contributed by atoms with Crippen LogP contribution in [0.4, 0.5) is 11.6 Å². The molecular formula is C14H21N7. The van der Waals surface area contributed by atoms with Crippen molar-refractivity contribution in [1.82, 2.24) is 19.9 Å². The topological polar surface area (TPSA) is 102 Å². The van der Waals surface area contributed by atoms with Crippen LogP contribution in [0.2, 0.25) is 0 Å². The standard InChI is InChI=1S/C14H21N7/c1-4-5-12-19-13(10(3)14(20-12)21-15)18-8-11-7-16-9(2)6-17-11/h6-7H,4-5,8,15H2,1-3H3,(H2,18,19,20,21). The zero-order valence-corrected chi connectivity index (χ0v) is 12.6. The molecule has 0 aliphatic heterocycles. The first-order valence-corrected chi connectivity index (χ1v) is 6.99. The second-order valence-electron chi connectivity index (χ2n) is 4.86. The molecule has 2 aromatic rings. The average Bonchev–Trinajstić information content (AvgIpc) is 2.49. The molecule has 2 heterocycles. The Morgan fingerprint density at radius 1 is 1.10 bits per heavy atom. The molecule has 0 aliphatic rings. The van der Waals surface area contributed by atoms with Crippen LogP contribution >= 0.6 is 0 Å². The summed E-state index contributed by atoms with van der Waals surface area (Å²) in [5, 5.41) is 3.27. The molecule has 0 amide bonds. The number of nitrogen functional groups attached to an aromatic ring is 1. The summed E-state index contributed by atoms with van der Waals surface area (Å²) in [6, 6.07) is 0. The third kappa shape index (κ3) is 3.85. The number of nitrogens with one attached hydrogen (secondary N) is 2. The number of aromatic nitrogens is 4. The maximum atomic E-state index is 5.52. The number of nitrogens with two attached hydrogens (primary N) is 1. The Balaban J connectivity index is 2.17. The summed E-state index contributed by atoms with van der Waals surface area (Å²) < 4.78 is 0. The number of anilines is 2. The number of hydrazine groups is 1. The van der Waals surface area contributed by atoms with Crippen LogP contribution < -0.4 is 16.6 Å². The fraction of sp³-hybridized carbons (Fsp3) is 0.429. The Bertz CT molecular complexity index is 595. The molecule has 0 aliphatic carbocycles. The minimum atomic E-state index is 0.556. The van der Waals surface area contributed by atoms with E-state index in [2.05, 4.69) is 37.6 Å². The summed E-state index contributed by atoms with van der Waals surface area (Å²) in [7, 11) is 0. The van der Waals surface area contributed by atoms with E-state index in [0.717, 1.165) is 41.4 Å². The van der Waals surface area contributed by atoms with Crippen molar-refractivity contribution in [2.45, 2.75) is 40.2 Å². The highest BCUT2D eigenvalue weighted by Crippen LogP contribution is 2.20. The molecule has 0 atom stereocenters. The van der Waals surface area contributed by atoms with Gasteiger partial charge in [0.2, 0.25) is 0 Å². The van der Waals surface area contributed by atoms with Crippen LogP contribution in [0, 0.1) is 13.8 Å². The van der Waals surface area contributed by atoms with Gasteiger partial charge in [-0.25, -0.2) is 15.8 Å². The van der Waals surface area contributed by atoms with Crippen molar-refractivity contribution in [1.29, 1.82) is 0 Å². The van der Waals surface area contributed by atoms with Gasteiger partial charge in [-0.05, 0) is 20.3 Å². The first-order chi connectivity index (χ1) is 10.1. The molecule has 7 nitrogen and oxygen atoms in total. The van der Waals surface area contributed by atoms with Crippen LogP contribution in [0.15, 0.2) is 12.4 Å². The summed E-state index contributed by atoms with van der Waals surface area (Å²) in [5.74, 6) is 7.70. The highest BCUT2D eigenvalue weighted by Gasteiger charge is 2.10. The Morgan fingerprint density at radius 2 is 1.86 bits per heavy atom. The van der Waals surface area contributed by atoms with Crippen LogP contribution in [-0.2, 0) is 13.0 Å². The maximum absolute atomic E-state index is 5.52. The van der Waals surface area contributed by atoms with Gasteiger partial charge in [0.1, 0.15) is 17.5 Å². The SMILES string of the molecule is CCCc1nc(NN)c(C)c(NCc2cnc(C)cn2)n1. The molecule has 0 bridgehead atoms. The summed E-state index contributed by atoms with van der Waals surface area (Å²) >= 11 is 0. The van der Waals surface area contributed by atoms with Gasteiger partial charge < -0.3 is 10.7 Å². The van der Waals surface area contributed by atoms with Crippen molar-refractivity contribution < 1.29 is 0 Å². The fourth-order valence-electron chi connectivity index (χ4n) is 1.90. The number of hydrogen-bond acceptors (Lipinski definition) is 7. The predicted octanol–water partition coefficient (Wildman–Crippen LogP) is 1.73. The van der Waals surface area contributed by atoms with Crippen molar-refractivity contribution in [2.75, 3.05) is 10.7 Å². The summed E-state index contributed by atoms with van der Waals surface area (Å²) in [5.41, 5.74) is 5.27. The largest absolute Gasteiger partial charge is 0.364 e. The van der Waals surface area contributed by atoms with Crippen LogP contribution in [0.1, 0.15) is 36.1 Å². The normalized spacial score (nSPS) is 10.5. The Kier molecular flexibility index (Phi) is 4.99. The summed E-state index contributed by atoms with van der Waals surface area (Å²) in [6.07, 6.45) is 5.30. The quantitative estimate of drug-likeness (QED) is 0.549. The van der Waals surface area contributed by atoms with Crippen molar-refractivity contribution in [3.8, 4) is 0 Å². The molecule has 0 aromatic carbocycles. The lowest BCUT2D eigenvalue weighted by Crippen LogP contribution is -2.15. The molecule has 0 saturated carbocycles. The monoisotopic (exact) mass is 287 g/mol. The Morgan fingerprint density at radius 3 is 2.48 bits per heavy atom. The molecule has 0 spiro atoms.